The Labute approximate surface area is 106 Å². The first-order chi connectivity index (χ1) is 8.62. The quantitative estimate of drug-likeness (QED) is 0.783. The molecule has 0 aliphatic carbocycles. The maximum absolute atomic E-state index is 12.5. The van der Waals surface area contributed by atoms with Gasteiger partial charge in [0.05, 0.1) is 22.9 Å². The molecular formula is C11H11F3N2O3. The molecule has 1 aromatic carbocycles. The molecule has 0 aliphatic heterocycles. The highest BCUT2D eigenvalue weighted by Crippen LogP contribution is 2.32. The third kappa shape index (κ3) is 3.68. The summed E-state index contributed by atoms with van der Waals surface area (Å²) in [4.78, 5) is 22.2. The summed E-state index contributed by atoms with van der Waals surface area (Å²) in [6, 6.07) is 0.993. The summed E-state index contributed by atoms with van der Waals surface area (Å²) in [5.74, 6) is -2.23. The molecule has 0 fully saturated rings. The van der Waals surface area contributed by atoms with Crippen LogP contribution in [0.4, 0.5) is 18.9 Å². The lowest BCUT2D eigenvalue weighted by atomic mass is 10.1. The molecule has 19 heavy (non-hydrogen) atoms. The second-order valence-corrected chi connectivity index (χ2v) is 3.84. The van der Waals surface area contributed by atoms with Crippen molar-refractivity contribution in [3.8, 4) is 0 Å². The van der Waals surface area contributed by atoms with Crippen LogP contribution in [0, 0.1) is 0 Å². The minimum Gasteiger partial charge on any atom is -0.478 e. The molecule has 0 heterocycles. The zero-order valence-corrected chi connectivity index (χ0v) is 9.78. The van der Waals surface area contributed by atoms with E-state index in [1.807, 2.05) is 0 Å². The Morgan fingerprint density at radius 1 is 1.37 bits per heavy atom. The van der Waals surface area contributed by atoms with Crippen LogP contribution in [0.15, 0.2) is 18.2 Å². The standard InChI is InChI=1S/C11H11F3N2O3/c1-5(15)9(17)16-8-4-6(11(12,13)14)2-3-7(8)10(18)19/h2-5H,15H2,1H3,(H,16,17)(H,18,19)/t5-/m1/s1. The molecule has 0 aromatic heterocycles. The molecule has 104 valence electrons. The number of carboxylic acids is 1. The molecule has 1 aromatic rings. The lowest BCUT2D eigenvalue weighted by molar-refractivity contribution is -0.137. The number of rotatable bonds is 3. The Balaban J connectivity index is 3.24. The van der Waals surface area contributed by atoms with Gasteiger partial charge in [-0.1, -0.05) is 0 Å². The summed E-state index contributed by atoms with van der Waals surface area (Å²) in [5, 5.41) is 10.9. The van der Waals surface area contributed by atoms with Crippen molar-refractivity contribution in [3.05, 3.63) is 29.3 Å². The number of hydrogen-bond donors (Lipinski definition) is 3. The van der Waals surface area contributed by atoms with Crippen LogP contribution in [0.25, 0.3) is 0 Å². The number of hydrogen-bond acceptors (Lipinski definition) is 3. The van der Waals surface area contributed by atoms with Gasteiger partial charge < -0.3 is 16.2 Å². The zero-order chi connectivity index (χ0) is 14.8. The van der Waals surface area contributed by atoms with Crippen LogP contribution in [0.5, 0.6) is 0 Å². The van der Waals surface area contributed by atoms with E-state index in [0.717, 1.165) is 6.07 Å². The molecular weight excluding hydrogens is 265 g/mol. The van der Waals surface area contributed by atoms with Crippen molar-refractivity contribution in [1.82, 2.24) is 0 Å². The fraction of sp³-hybridized carbons (Fsp3) is 0.273. The van der Waals surface area contributed by atoms with E-state index in [1.54, 1.807) is 0 Å². The van der Waals surface area contributed by atoms with E-state index in [9.17, 15) is 22.8 Å². The number of nitrogens with one attached hydrogen (secondary N) is 1. The van der Waals surface area contributed by atoms with E-state index in [4.69, 9.17) is 10.8 Å². The average Bonchev–Trinajstić information content (AvgIpc) is 2.27. The van der Waals surface area contributed by atoms with Crippen LogP contribution in [0.2, 0.25) is 0 Å². The Kier molecular flexibility index (Phi) is 4.15. The van der Waals surface area contributed by atoms with Gasteiger partial charge in [0, 0.05) is 0 Å². The highest BCUT2D eigenvalue weighted by molar-refractivity contribution is 6.02. The lowest BCUT2D eigenvalue weighted by Gasteiger charge is -2.13. The Morgan fingerprint density at radius 3 is 2.37 bits per heavy atom. The first-order valence-electron chi connectivity index (χ1n) is 5.14. The zero-order valence-electron chi connectivity index (χ0n) is 9.78. The maximum Gasteiger partial charge on any atom is 0.416 e. The molecule has 1 atom stereocenters. The number of halogens is 3. The van der Waals surface area contributed by atoms with Crippen molar-refractivity contribution in [3.63, 3.8) is 0 Å². The predicted octanol–water partition coefficient (Wildman–Crippen LogP) is 1.69. The van der Waals surface area contributed by atoms with Crippen LogP contribution < -0.4 is 11.1 Å². The molecule has 0 bridgehead atoms. The van der Waals surface area contributed by atoms with Gasteiger partial charge in [-0.05, 0) is 25.1 Å². The molecule has 5 nitrogen and oxygen atoms in total. The number of aromatic carboxylic acids is 1. The summed E-state index contributed by atoms with van der Waals surface area (Å²) >= 11 is 0. The van der Waals surface area contributed by atoms with Crippen LogP contribution in [-0.4, -0.2) is 23.0 Å². The highest BCUT2D eigenvalue weighted by atomic mass is 19.4. The van der Waals surface area contributed by atoms with E-state index in [0.29, 0.717) is 12.1 Å². The van der Waals surface area contributed by atoms with Crippen LogP contribution in [0.1, 0.15) is 22.8 Å². The number of amides is 1. The van der Waals surface area contributed by atoms with Gasteiger partial charge in [0.1, 0.15) is 0 Å². The van der Waals surface area contributed by atoms with E-state index >= 15 is 0 Å². The average molecular weight is 276 g/mol. The van der Waals surface area contributed by atoms with Crippen molar-refractivity contribution >= 4 is 17.6 Å². The molecule has 1 amide bonds. The van der Waals surface area contributed by atoms with E-state index in [1.165, 1.54) is 6.92 Å². The number of benzene rings is 1. The van der Waals surface area contributed by atoms with Crippen molar-refractivity contribution in [2.24, 2.45) is 5.73 Å². The van der Waals surface area contributed by atoms with Gasteiger partial charge in [-0.2, -0.15) is 13.2 Å². The van der Waals surface area contributed by atoms with E-state index < -0.39 is 40.9 Å². The SMILES string of the molecule is C[C@@H](N)C(=O)Nc1cc(C(F)(F)F)ccc1C(=O)O. The van der Waals surface area contributed by atoms with Crippen LogP contribution in [-0.2, 0) is 11.0 Å². The molecule has 0 aliphatic rings. The molecule has 0 spiro atoms. The van der Waals surface area contributed by atoms with Crippen molar-refractivity contribution in [2.45, 2.75) is 19.1 Å². The summed E-state index contributed by atoms with van der Waals surface area (Å²) in [6.45, 7) is 1.32. The minimum atomic E-state index is -4.63. The fourth-order valence-electron chi connectivity index (χ4n) is 1.26. The summed E-state index contributed by atoms with van der Waals surface area (Å²) in [6.07, 6.45) is -4.63. The molecule has 4 N–H and O–H groups in total. The first kappa shape index (κ1) is 15.0. The van der Waals surface area contributed by atoms with E-state index in [2.05, 4.69) is 5.32 Å². The summed E-state index contributed by atoms with van der Waals surface area (Å²) in [5.41, 5.74) is 3.31. The fourth-order valence-corrected chi connectivity index (χ4v) is 1.26. The second kappa shape index (κ2) is 5.27. The second-order valence-electron chi connectivity index (χ2n) is 3.84. The summed E-state index contributed by atoms with van der Waals surface area (Å²) < 4.78 is 37.5. The van der Waals surface area contributed by atoms with Gasteiger partial charge in [-0.3, -0.25) is 4.79 Å². The van der Waals surface area contributed by atoms with Gasteiger partial charge in [0.2, 0.25) is 5.91 Å². The van der Waals surface area contributed by atoms with Crippen LogP contribution in [0.3, 0.4) is 0 Å². The molecule has 1 rings (SSSR count). The normalized spacial score (nSPS) is 12.9. The monoisotopic (exact) mass is 276 g/mol. The topological polar surface area (TPSA) is 92.4 Å². The van der Waals surface area contributed by atoms with Crippen molar-refractivity contribution < 1.29 is 27.9 Å². The number of alkyl halides is 3. The summed E-state index contributed by atoms with van der Waals surface area (Å²) in [7, 11) is 0. The number of carboxylic acid groups (broad SMARTS) is 1. The van der Waals surface area contributed by atoms with Crippen molar-refractivity contribution in [1.29, 1.82) is 0 Å². The number of nitrogens with two attached hydrogens (primary N) is 1. The number of carbonyl (C=O) groups excluding carboxylic acids is 1. The largest absolute Gasteiger partial charge is 0.478 e. The number of anilines is 1. The molecule has 0 saturated carbocycles. The maximum atomic E-state index is 12.5. The predicted molar refractivity (Wildman–Crippen MR) is 60.7 cm³/mol. The highest BCUT2D eigenvalue weighted by Gasteiger charge is 2.31. The van der Waals surface area contributed by atoms with E-state index in [-0.39, 0.29) is 0 Å². The van der Waals surface area contributed by atoms with Gasteiger partial charge >= 0.3 is 12.1 Å². The molecule has 0 radical (unpaired) electrons. The lowest BCUT2D eigenvalue weighted by Crippen LogP contribution is -2.33. The Hall–Kier alpha value is -2.09. The number of carbonyl (C=O) groups is 2. The molecule has 8 heteroatoms. The van der Waals surface area contributed by atoms with Crippen LogP contribution >= 0.6 is 0 Å². The molecule has 0 unspecified atom stereocenters. The minimum absolute atomic E-state index is 0.440. The van der Waals surface area contributed by atoms with Gasteiger partial charge in [0.15, 0.2) is 0 Å². The third-order valence-electron chi connectivity index (χ3n) is 2.25. The van der Waals surface area contributed by atoms with Crippen molar-refractivity contribution in [2.75, 3.05) is 5.32 Å². The third-order valence-corrected chi connectivity index (χ3v) is 2.25. The van der Waals surface area contributed by atoms with Gasteiger partial charge in [-0.25, -0.2) is 4.79 Å². The first-order valence-corrected chi connectivity index (χ1v) is 5.14. The van der Waals surface area contributed by atoms with Gasteiger partial charge in [0.25, 0.3) is 0 Å². The molecule has 0 saturated heterocycles. The Morgan fingerprint density at radius 2 is 1.95 bits per heavy atom. The smallest absolute Gasteiger partial charge is 0.416 e. The Bertz CT molecular complexity index is 512. The van der Waals surface area contributed by atoms with Gasteiger partial charge in [-0.15, -0.1) is 0 Å².